The summed E-state index contributed by atoms with van der Waals surface area (Å²) in [6, 6.07) is 0. The molecule has 3 heterocycles. The minimum Gasteiger partial charge on any atom is -0.444 e. The molecule has 5 nitrogen and oxygen atoms in total. The van der Waals surface area contributed by atoms with Crippen LogP contribution in [0.1, 0.15) is 5.56 Å². The molecule has 0 aliphatic carbocycles. The van der Waals surface area contributed by atoms with Crippen LogP contribution in [0.15, 0.2) is 16.9 Å². The fourth-order valence-electron chi connectivity index (χ4n) is 1.28. The van der Waals surface area contributed by atoms with Gasteiger partial charge in [0.2, 0.25) is 5.89 Å². The lowest BCUT2D eigenvalue weighted by Gasteiger charge is -2.00. The van der Waals surface area contributed by atoms with E-state index in [2.05, 4.69) is 15.7 Å². The summed E-state index contributed by atoms with van der Waals surface area (Å²) < 4.78 is 5.20. The summed E-state index contributed by atoms with van der Waals surface area (Å²) in [6.45, 7) is 0.528. The van der Waals surface area contributed by atoms with Crippen molar-refractivity contribution in [2.45, 2.75) is 6.61 Å². The highest BCUT2D eigenvalue weighted by molar-refractivity contribution is 5.75. The van der Waals surface area contributed by atoms with Gasteiger partial charge >= 0.3 is 0 Å². The van der Waals surface area contributed by atoms with Crippen molar-refractivity contribution in [2.24, 2.45) is 0 Å². The van der Waals surface area contributed by atoms with Crippen LogP contribution >= 0.6 is 0 Å². The molecule has 0 bridgehead atoms. The van der Waals surface area contributed by atoms with Crippen molar-refractivity contribution < 1.29 is 9.25 Å². The van der Waals surface area contributed by atoms with Crippen LogP contribution < -0.4 is 5.48 Å². The number of anilines is 1. The Morgan fingerprint density at radius 1 is 1.50 bits per heavy atom. The van der Waals surface area contributed by atoms with E-state index in [4.69, 9.17) is 9.25 Å². The molecule has 0 fully saturated rings. The van der Waals surface area contributed by atoms with E-state index in [1.807, 2.05) is 0 Å². The van der Waals surface area contributed by atoms with Crippen molar-refractivity contribution in [1.29, 1.82) is 0 Å². The molecule has 3 aliphatic heterocycles. The van der Waals surface area contributed by atoms with Crippen molar-refractivity contribution in [3.63, 3.8) is 0 Å². The van der Waals surface area contributed by atoms with Gasteiger partial charge in [-0.15, -0.1) is 5.10 Å². The van der Waals surface area contributed by atoms with Gasteiger partial charge in [0.25, 0.3) is 0 Å². The molecule has 0 radical (unpaired) electrons. The zero-order valence-electron chi connectivity index (χ0n) is 6.07. The molecule has 0 atom stereocenters. The number of hydrogen-bond acceptors (Lipinski definition) is 5. The summed E-state index contributed by atoms with van der Waals surface area (Å²) >= 11 is 0. The van der Waals surface area contributed by atoms with E-state index in [0.717, 1.165) is 16.8 Å². The smallest absolute Gasteiger partial charge is 0.249 e. The SMILES string of the molecule is c1oc2nncc-2c2c1CON2. The van der Waals surface area contributed by atoms with Gasteiger partial charge in [-0.1, -0.05) is 0 Å². The van der Waals surface area contributed by atoms with Crippen molar-refractivity contribution >= 4 is 5.69 Å². The third kappa shape index (κ3) is 0.609. The predicted octanol–water partition coefficient (Wildman–Crippen LogP) is 1.03. The van der Waals surface area contributed by atoms with Crippen molar-refractivity contribution in [3.8, 4) is 11.5 Å². The Hall–Kier alpha value is -1.62. The average molecular weight is 163 g/mol. The van der Waals surface area contributed by atoms with Crippen LogP contribution in [0.3, 0.4) is 0 Å². The average Bonchev–Trinajstić information content (AvgIpc) is 2.71. The van der Waals surface area contributed by atoms with Crippen LogP contribution in [-0.4, -0.2) is 10.2 Å². The summed E-state index contributed by atoms with van der Waals surface area (Å²) in [5.41, 5.74) is 5.57. The number of nitrogens with zero attached hydrogens (tertiary/aromatic N) is 2. The molecule has 0 aromatic carbocycles. The standard InChI is InChI=1S/C7H5N3O2/c1-5-6-4(3-12-10-6)2-11-7(5)9-8-1/h1-2,10H,3H2. The molecule has 60 valence electrons. The molecule has 0 aromatic rings. The largest absolute Gasteiger partial charge is 0.444 e. The maximum Gasteiger partial charge on any atom is 0.249 e. The molecule has 0 spiro atoms. The van der Waals surface area contributed by atoms with E-state index in [1.165, 1.54) is 0 Å². The number of aromatic nitrogens is 2. The number of hydrogen-bond donors (Lipinski definition) is 1. The number of nitrogens with one attached hydrogen (secondary N) is 1. The first-order valence-corrected chi connectivity index (χ1v) is 3.55. The van der Waals surface area contributed by atoms with Crippen LogP contribution in [0, 0.1) is 0 Å². The van der Waals surface area contributed by atoms with Crippen LogP contribution in [0.2, 0.25) is 0 Å². The molecular weight excluding hydrogens is 158 g/mol. The highest BCUT2D eigenvalue weighted by Gasteiger charge is 2.21. The predicted molar refractivity (Wildman–Crippen MR) is 39.3 cm³/mol. The fourth-order valence-corrected chi connectivity index (χ4v) is 1.28. The summed E-state index contributed by atoms with van der Waals surface area (Å²) in [5.74, 6) is 0.534. The van der Waals surface area contributed by atoms with E-state index < -0.39 is 0 Å². The second-order valence-electron chi connectivity index (χ2n) is 2.59. The second kappa shape index (κ2) is 1.95. The van der Waals surface area contributed by atoms with Crippen LogP contribution in [0.5, 0.6) is 0 Å². The Bertz CT molecular complexity index is 398. The first-order chi connectivity index (χ1) is 5.95. The minimum atomic E-state index is 0.528. The highest BCUT2D eigenvalue weighted by Crippen LogP contribution is 2.34. The van der Waals surface area contributed by atoms with E-state index in [9.17, 15) is 0 Å². The van der Waals surface area contributed by atoms with Gasteiger partial charge in [-0.25, -0.2) is 0 Å². The summed E-state index contributed by atoms with van der Waals surface area (Å²) in [4.78, 5) is 5.03. The number of fused-ring (bicyclic) bond motifs is 3. The minimum absolute atomic E-state index is 0.528. The Morgan fingerprint density at radius 2 is 2.50 bits per heavy atom. The molecule has 0 saturated heterocycles. The molecule has 12 heavy (non-hydrogen) atoms. The second-order valence-corrected chi connectivity index (χ2v) is 2.59. The van der Waals surface area contributed by atoms with Gasteiger partial charge < -0.3 is 4.42 Å². The Balaban J connectivity index is 2.37. The summed E-state index contributed by atoms with van der Waals surface area (Å²) in [6.07, 6.45) is 3.28. The van der Waals surface area contributed by atoms with E-state index >= 15 is 0 Å². The van der Waals surface area contributed by atoms with Gasteiger partial charge in [0.05, 0.1) is 17.4 Å². The quantitative estimate of drug-likeness (QED) is 0.628. The van der Waals surface area contributed by atoms with Gasteiger partial charge in [-0.3, -0.25) is 10.3 Å². The first kappa shape index (κ1) is 5.96. The number of rotatable bonds is 0. The third-order valence-electron chi connectivity index (χ3n) is 1.87. The van der Waals surface area contributed by atoms with Crippen LogP contribution in [0.4, 0.5) is 5.69 Å². The van der Waals surface area contributed by atoms with Gasteiger partial charge in [0, 0.05) is 5.56 Å². The van der Waals surface area contributed by atoms with Crippen LogP contribution in [-0.2, 0) is 11.4 Å². The molecule has 3 rings (SSSR count). The van der Waals surface area contributed by atoms with Gasteiger partial charge in [0.1, 0.15) is 12.9 Å². The maximum atomic E-state index is 5.20. The van der Waals surface area contributed by atoms with Gasteiger partial charge in [-0.05, 0) is 0 Å². The molecule has 0 saturated carbocycles. The van der Waals surface area contributed by atoms with Crippen molar-refractivity contribution in [2.75, 3.05) is 5.48 Å². The highest BCUT2D eigenvalue weighted by atomic mass is 16.7. The lowest BCUT2D eigenvalue weighted by molar-refractivity contribution is 0.201. The molecule has 3 aliphatic rings. The van der Waals surface area contributed by atoms with Crippen molar-refractivity contribution in [3.05, 3.63) is 18.0 Å². The Morgan fingerprint density at radius 3 is 3.50 bits per heavy atom. The van der Waals surface area contributed by atoms with Crippen molar-refractivity contribution in [1.82, 2.24) is 10.2 Å². The zero-order chi connectivity index (χ0) is 7.97. The summed E-state index contributed by atoms with van der Waals surface area (Å²) in [7, 11) is 0. The maximum absolute atomic E-state index is 5.20. The summed E-state index contributed by atoms with van der Waals surface area (Å²) in [5, 5.41) is 7.52. The Kier molecular flexibility index (Phi) is 0.968. The van der Waals surface area contributed by atoms with Crippen LogP contribution in [0.25, 0.3) is 11.5 Å². The first-order valence-electron chi connectivity index (χ1n) is 3.55. The molecule has 0 amide bonds. The lowest BCUT2D eigenvalue weighted by Crippen LogP contribution is -1.89. The molecule has 0 aromatic heterocycles. The van der Waals surface area contributed by atoms with E-state index in [-0.39, 0.29) is 0 Å². The molecular formula is C7H5N3O2. The van der Waals surface area contributed by atoms with E-state index in [1.54, 1.807) is 12.5 Å². The topological polar surface area (TPSA) is 60.2 Å². The van der Waals surface area contributed by atoms with Gasteiger partial charge in [0.15, 0.2) is 0 Å². The Labute approximate surface area is 67.6 Å². The normalized spacial score (nSPS) is 14.7. The molecule has 1 N–H and O–H groups in total. The zero-order valence-corrected chi connectivity index (χ0v) is 6.07. The lowest BCUT2D eigenvalue weighted by atomic mass is 10.2. The monoisotopic (exact) mass is 163 g/mol. The molecule has 0 unspecified atom stereocenters. The van der Waals surface area contributed by atoms with E-state index in [0.29, 0.717) is 12.5 Å². The third-order valence-corrected chi connectivity index (χ3v) is 1.87. The molecule has 5 heteroatoms. The fraction of sp³-hybridized carbons (Fsp3) is 0.143. The van der Waals surface area contributed by atoms with Gasteiger partial charge in [-0.2, -0.15) is 5.10 Å².